The molecule has 0 fully saturated rings. The van der Waals surface area contributed by atoms with Gasteiger partial charge in [-0.15, -0.1) is 24.0 Å². The van der Waals surface area contributed by atoms with E-state index in [1.54, 1.807) is 36.4 Å². The van der Waals surface area contributed by atoms with Crippen molar-refractivity contribution in [2.75, 3.05) is 26.0 Å². The van der Waals surface area contributed by atoms with Crippen LogP contribution in [0.1, 0.15) is 12.5 Å². The molecule has 0 bridgehead atoms. The molecule has 2 N–H and O–H groups in total. The van der Waals surface area contributed by atoms with Gasteiger partial charge in [-0.3, -0.25) is 0 Å². The molecule has 0 saturated heterocycles. The molecule has 31 heavy (non-hydrogen) atoms. The number of halogens is 3. The van der Waals surface area contributed by atoms with Gasteiger partial charge >= 0.3 is 6.61 Å². The number of guanidine groups is 1. The highest BCUT2D eigenvalue weighted by atomic mass is 127. The first-order valence-corrected chi connectivity index (χ1v) is 10.9. The first kappa shape index (κ1) is 26.9. The molecule has 0 unspecified atom stereocenters. The van der Waals surface area contributed by atoms with Crippen molar-refractivity contribution in [3.8, 4) is 11.5 Å². The van der Waals surface area contributed by atoms with E-state index in [4.69, 9.17) is 4.74 Å². The maximum absolute atomic E-state index is 12.6. The van der Waals surface area contributed by atoms with Gasteiger partial charge in [0.2, 0.25) is 0 Å². The zero-order valence-corrected chi connectivity index (χ0v) is 20.3. The lowest BCUT2D eigenvalue weighted by Gasteiger charge is -2.14. The third kappa shape index (κ3) is 8.85. The van der Waals surface area contributed by atoms with Gasteiger partial charge in [0.1, 0.15) is 11.5 Å². The topological polar surface area (TPSA) is 89.0 Å². The van der Waals surface area contributed by atoms with Crippen molar-refractivity contribution in [1.29, 1.82) is 0 Å². The zero-order valence-electron chi connectivity index (χ0n) is 17.2. The summed E-state index contributed by atoms with van der Waals surface area (Å²) in [7, 11) is -1.97. The van der Waals surface area contributed by atoms with Crippen LogP contribution in [0.25, 0.3) is 0 Å². The molecule has 172 valence electrons. The summed E-state index contributed by atoms with van der Waals surface area (Å²) in [5.74, 6) is 0.706. The molecule has 0 aliphatic carbocycles. The number of methoxy groups -OCH3 is 1. The average Bonchev–Trinajstić information content (AvgIpc) is 2.73. The van der Waals surface area contributed by atoms with Crippen LogP contribution in [0, 0.1) is 0 Å². The quantitative estimate of drug-likeness (QED) is 0.259. The fraction of sp³-hybridized carbons (Fsp3) is 0.350. The number of rotatable bonds is 10. The van der Waals surface area contributed by atoms with Crippen LogP contribution in [0.5, 0.6) is 11.5 Å². The number of benzene rings is 2. The molecule has 0 aliphatic heterocycles. The van der Waals surface area contributed by atoms with Crippen LogP contribution in [0.2, 0.25) is 0 Å². The Balaban J connectivity index is 0.00000480. The molecular weight excluding hydrogens is 543 g/mol. The third-order valence-electron chi connectivity index (χ3n) is 4.00. The van der Waals surface area contributed by atoms with E-state index in [2.05, 4.69) is 20.4 Å². The summed E-state index contributed by atoms with van der Waals surface area (Å²) in [5.41, 5.74) is 0.406. The summed E-state index contributed by atoms with van der Waals surface area (Å²) in [6, 6.07) is 12.6. The third-order valence-corrected chi connectivity index (χ3v) is 5.73. The van der Waals surface area contributed by atoms with E-state index < -0.39 is 16.4 Å². The van der Waals surface area contributed by atoms with Crippen LogP contribution in [0.4, 0.5) is 8.78 Å². The molecule has 7 nitrogen and oxygen atoms in total. The number of alkyl halides is 2. The molecule has 11 heteroatoms. The van der Waals surface area contributed by atoms with Gasteiger partial charge in [0, 0.05) is 18.7 Å². The van der Waals surface area contributed by atoms with E-state index in [0.717, 1.165) is 0 Å². The summed E-state index contributed by atoms with van der Waals surface area (Å²) in [4.78, 5) is 4.59. The molecule has 0 saturated carbocycles. The van der Waals surface area contributed by atoms with Gasteiger partial charge in [-0.1, -0.05) is 18.2 Å². The Morgan fingerprint density at radius 3 is 2.45 bits per heavy atom. The van der Waals surface area contributed by atoms with Gasteiger partial charge in [0.15, 0.2) is 15.8 Å². The minimum Gasteiger partial charge on any atom is -0.497 e. The van der Waals surface area contributed by atoms with E-state index in [9.17, 15) is 17.2 Å². The Morgan fingerprint density at radius 1 is 1.13 bits per heavy atom. The minimum atomic E-state index is -3.43. The Hall–Kier alpha value is -2.15. The number of nitrogens with one attached hydrogen (secondary N) is 2. The van der Waals surface area contributed by atoms with Crippen LogP contribution in [0.3, 0.4) is 0 Å². The number of hydrogen-bond acceptors (Lipinski definition) is 5. The SMILES string of the molecule is CCNC(=NCc1cc(OC)ccc1OC(F)F)NCCS(=O)(=O)c1ccccc1.I. The smallest absolute Gasteiger partial charge is 0.387 e. The molecular formula is C20H26F2IN3O4S. The van der Waals surface area contributed by atoms with E-state index in [-0.39, 0.29) is 53.5 Å². The standard InChI is InChI=1S/C20H25F2N3O4S.HI/c1-3-23-20(24-11-12-30(26,27)17-7-5-4-6-8-17)25-14-15-13-16(28-2)9-10-18(15)29-19(21)22;/h4-10,13,19H,3,11-12,14H2,1-2H3,(H2,23,24,25);1H. The van der Waals surface area contributed by atoms with Crippen molar-refractivity contribution in [3.63, 3.8) is 0 Å². The summed E-state index contributed by atoms with van der Waals surface area (Å²) in [6.45, 7) is -0.415. The van der Waals surface area contributed by atoms with Crippen molar-refractivity contribution in [2.24, 2.45) is 4.99 Å². The van der Waals surface area contributed by atoms with Crippen molar-refractivity contribution < 1.29 is 26.7 Å². The van der Waals surface area contributed by atoms with Crippen LogP contribution in [-0.4, -0.2) is 46.9 Å². The van der Waals surface area contributed by atoms with Crippen molar-refractivity contribution in [2.45, 2.75) is 25.0 Å². The normalized spacial score (nSPS) is 11.6. The van der Waals surface area contributed by atoms with Gasteiger partial charge in [-0.2, -0.15) is 8.78 Å². The minimum absolute atomic E-state index is 0. The summed E-state index contributed by atoms with van der Waals surface area (Å²) in [6.07, 6.45) is 0. The molecule has 0 heterocycles. The number of nitrogens with zero attached hydrogens (tertiary/aromatic N) is 1. The first-order chi connectivity index (χ1) is 14.4. The van der Waals surface area contributed by atoms with Crippen LogP contribution >= 0.6 is 24.0 Å². The second-order valence-corrected chi connectivity index (χ2v) is 8.22. The lowest BCUT2D eigenvalue weighted by molar-refractivity contribution is -0.0504. The van der Waals surface area contributed by atoms with E-state index in [1.807, 2.05) is 6.92 Å². The van der Waals surface area contributed by atoms with Crippen molar-refractivity contribution in [3.05, 3.63) is 54.1 Å². The number of sulfone groups is 1. The van der Waals surface area contributed by atoms with Gasteiger partial charge in [-0.25, -0.2) is 13.4 Å². The summed E-state index contributed by atoms with van der Waals surface area (Å²) in [5, 5.41) is 5.94. The molecule has 0 atom stereocenters. The molecule has 0 aliphatic rings. The zero-order chi connectivity index (χ0) is 22.0. The van der Waals surface area contributed by atoms with E-state index in [0.29, 0.717) is 23.8 Å². The molecule has 2 rings (SSSR count). The molecule has 0 amide bonds. The lowest BCUT2D eigenvalue weighted by Crippen LogP contribution is -2.39. The fourth-order valence-electron chi connectivity index (χ4n) is 2.57. The number of ether oxygens (including phenoxy) is 2. The Morgan fingerprint density at radius 2 is 1.84 bits per heavy atom. The summed E-state index contributed by atoms with van der Waals surface area (Å²) >= 11 is 0. The van der Waals surface area contributed by atoms with Crippen LogP contribution in [-0.2, 0) is 16.4 Å². The highest BCUT2D eigenvalue weighted by Crippen LogP contribution is 2.26. The van der Waals surface area contributed by atoms with Crippen LogP contribution in [0.15, 0.2) is 58.4 Å². The molecule has 0 spiro atoms. The number of hydrogen-bond donors (Lipinski definition) is 2. The second kappa shape index (κ2) is 13.3. The monoisotopic (exact) mass is 569 g/mol. The fourth-order valence-corrected chi connectivity index (χ4v) is 3.75. The molecule has 2 aromatic carbocycles. The second-order valence-electron chi connectivity index (χ2n) is 6.11. The van der Waals surface area contributed by atoms with E-state index in [1.165, 1.54) is 19.2 Å². The van der Waals surface area contributed by atoms with Crippen LogP contribution < -0.4 is 20.1 Å². The largest absolute Gasteiger partial charge is 0.497 e. The first-order valence-electron chi connectivity index (χ1n) is 9.27. The number of aliphatic imine (C=N–C) groups is 1. The molecule has 0 aromatic heterocycles. The van der Waals surface area contributed by atoms with E-state index >= 15 is 0 Å². The predicted octanol–water partition coefficient (Wildman–Crippen LogP) is 3.44. The average molecular weight is 569 g/mol. The Bertz CT molecular complexity index is 945. The Kier molecular flexibility index (Phi) is 11.5. The highest BCUT2D eigenvalue weighted by molar-refractivity contribution is 14.0. The highest BCUT2D eigenvalue weighted by Gasteiger charge is 2.14. The van der Waals surface area contributed by atoms with Gasteiger partial charge in [-0.05, 0) is 37.3 Å². The predicted molar refractivity (Wildman–Crippen MR) is 126 cm³/mol. The van der Waals surface area contributed by atoms with Gasteiger partial charge in [0.05, 0.1) is 24.3 Å². The Labute approximate surface area is 198 Å². The maximum atomic E-state index is 12.6. The maximum Gasteiger partial charge on any atom is 0.387 e. The molecule has 2 aromatic rings. The van der Waals surface area contributed by atoms with Gasteiger partial charge in [0.25, 0.3) is 0 Å². The van der Waals surface area contributed by atoms with Crippen molar-refractivity contribution in [1.82, 2.24) is 10.6 Å². The summed E-state index contributed by atoms with van der Waals surface area (Å²) < 4.78 is 59.7. The lowest BCUT2D eigenvalue weighted by atomic mass is 10.2. The van der Waals surface area contributed by atoms with Crippen molar-refractivity contribution >= 4 is 39.8 Å². The molecule has 0 radical (unpaired) electrons. The van der Waals surface area contributed by atoms with Gasteiger partial charge < -0.3 is 20.1 Å².